The summed E-state index contributed by atoms with van der Waals surface area (Å²) in [6, 6.07) is 16.4. The molecule has 0 atom stereocenters. The third-order valence-electron chi connectivity index (χ3n) is 5.43. The topological polar surface area (TPSA) is 74.3 Å². The first kappa shape index (κ1) is 23.2. The van der Waals surface area contributed by atoms with E-state index >= 15 is 0 Å². The van der Waals surface area contributed by atoms with Crippen LogP contribution in [0.5, 0.6) is 0 Å². The Morgan fingerprint density at radius 3 is 2.25 bits per heavy atom. The van der Waals surface area contributed by atoms with E-state index in [2.05, 4.69) is 20.5 Å². The van der Waals surface area contributed by atoms with Crippen LogP contribution in [0.15, 0.2) is 73.1 Å². The predicted molar refractivity (Wildman–Crippen MR) is 126 cm³/mol. The summed E-state index contributed by atoms with van der Waals surface area (Å²) in [5.41, 5.74) is 2.41. The van der Waals surface area contributed by atoms with Crippen LogP contribution in [0.3, 0.4) is 0 Å². The molecule has 1 fully saturated rings. The number of carbonyl (C=O) groups is 2. The number of anilines is 3. The summed E-state index contributed by atoms with van der Waals surface area (Å²) in [5.74, 6) is -0.946. The molecule has 1 saturated heterocycles. The molecule has 0 aliphatic carbocycles. The van der Waals surface area contributed by atoms with Crippen molar-refractivity contribution in [3.05, 3.63) is 84.4 Å². The number of halogens is 2. The van der Waals surface area contributed by atoms with Gasteiger partial charge >= 0.3 is 0 Å². The SMILES string of the molecule is Cl.O=C(Nc1ccc(F)cc1)c1ccccc1NC(=O)C1CCN(c2ccncc2)CC1. The standard InChI is InChI=1S/C24H23FN4O2.ClH/c25-18-5-7-19(8-6-18)27-24(31)21-3-1-2-4-22(21)28-23(30)17-11-15-29(16-12-17)20-9-13-26-14-10-20;/h1-10,13-14,17H,11-12,15-16H2,(H,27,31)(H,28,30);1H. The Balaban J connectivity index is 0.00000289. The van der Waals surface area contributed by atoms with Crippen molar-refractivity contribution in [1.29, 1.82) is 0 Å². The van der Waals surface area contributed by atoms with Gasteiger partial charge in [0.15, 0.2) is 0 Å². The number of piperidine rings is 1. The summed E-state index contributed by atoms with van der Waals surface area (Å²) in [6.07, 6.45) is 5.00. The van der Waals surface area contributed by atoms with Crippen molar-refractivity contribution in [3.63, 3.8) is 0 Å². The van der Waals surface area contributed by atoms with Gasteiger partial charge in [-0.05, 0) is 61.4 Å². The summed E-state index contributed by atoms with van der Waals surface area (Å²) < 4.78 is 13.1. The average Bonchev–Trinajstić information content (AvgIpc) is 2.81. The Kier molecular flexibility index (Phi) is 7.78. The minimum Gasteiger partial charge on any atom is -0.371 e. The number of rotatable bonds is 5. The van der Waals surface area contributed by atoms with Crippen LogP contribution in [0.2, 0.25) is 0 Å². The molecule has 0 bridgehead atoms. The summed E-state index contributed by atoms with van der Waals surface area (Å²) in [6.45, 7) is 1.57. The number of carbonyl (C=O) groups excluding carboxylic acids is 2. The molecule has 8 heteroatoms. The minimum atomic E-state index is -0.374. The van der Waals surface area contributed by atoms with Crippen LogP contribution in [0, 0.1) is 11.7 Å². The largest absolute Gasteiger partial charge is 0.371 e. The zero-order valence-corrected chi connectivity index (χ0v) is 18.1. The molecule has 4 rings (SSSR count). The Morgan fingerprint density at radius 2 is 1.56 bits per heavy atom. The second-order valence-electron chi connectivity index (χ2n) is 7.46. The van der Waals surface area contributed by atoms with Crippen LogP contribution in [0.25, 0.3) is 0 Å². The summed E-state index contributed by atoms with van der Waals surface area (Å²) in [7, 11) is 0. The van der Waals surface area contributed by atoms with E-state index in [0.717, 1.165) is 31.6 Å². The van der Waals surface area contributed by atoms with Gasteiger partial charge in [-0.1, -0.05) is 12.1 Å². The van der Waals surface area contributed by atoms with Crippen LogP contribution in [-0.4, -0.2) is 29.9 Å². The third-order valence-corrected chi connectivity index (χ3v) is 5.43. The number of nitrogens with zero attached hydrogens (tertiary/aromatic N) is 2. The number of para-hydroxylation sites is 1. The van der Waals surface area contributed by atoms with Gasteiger partial charge in [0, 0.05) is 42.8 Å². The van der Waals surface area contributed by atoms with Crippen molar-refractivity contribution in [2.45, 2.75) is 12.8 Å². The first-order chi connectivity index (χ1) is 15.1. The number of benzene rings is 2. The maximum atomic E-state index is 13.1. The third kappa shape index (κ3) is 5.62. The molecule has 1 aliphatic rings. The van der Waals surface area contributed by atoms with E-state index in [9.17, 15) is 14.0 Å². The van der Waals surface area contributed by atoms with Gasteiger partial charge in [-0.3, -0.25) is 14.6 Å². The lowest BCUT2D eigenvalue weighted by Crippen LogP contribution is -2.38. The molecule has 2 heterocycles. The van der Waals surface area contributed by atoms with Crippen molar-refractivity contribution in [1.82, 2.24) is 4.98 Å². The molecule has 0 radical (unpaired) electrons. The number of hydrogen-bond acceptors (Lipinski definition) is 4. The minimum absolute atomic E-state index is 0. The highest BCUT2D eigenvalue weighted by molar-refractivity contribution is 6.10. The highest BCUT2D eigenvalue weighted by Gasteiger charge is 2.26. The molecule has 1 aromatic heterocycles. The highest BCUT2D eigenvalue weighted by Crippen LogP contribution is 2.25. The first-order valence-corrected chi connectivity index (χ1v) is 10.2. The molecule has 0 saturated carbocycles. The average molecular weight is 455 g/mol. The van der Waals surface area contributed by atoms with Gasteiger partial charge < -0.3 is 15.5 Å². The number of nitrogens with one attached hydrogen (secondary N) is 2. The molecular formula is C24H24ClFN4O2. The van der Waals surface area contributed by atoms with Crippen molar-refractivity contribution in [2.75, 3.05) is 28.6 Å². The number of pyridine rings is 1. The van der Waals surface area contributed by atoms with E-state index in [1.807, 2.05) is 12.1 Å². The molecule has 1 aliphatic heterocycles. The molecule has 2 amide bonds. The lowest BCUT2D eigenvalue weighted by atomic mass is 9.95. The Morgan fingerprint density at radius 1 is 0.906 bits per heavy atom. The molecule has 0 spiro atoms. The zero-order chi connectivity index (χ0) is 21.6. The van der Waals surface area contributed by atoms with Gasteiger partial charge in [0.2, 0.25) is 5.91 Å². The van der Waals surface area contributed by atoms with Gasteiger partial charge in [-0.2, -0.15) is 0 Å². The maximum Gasteiger partial charge on any atom is 0.257 e. The quantitative estimate of drug-likeness (QED) is 0.583. The highest BCUT2D eigenvalue weighted by atomic mass is 35.5. The summed E-state index contributed by atoms with van der Waals surface area (Å²) in [4.78, 5) is 31.9. The summed E-state index contributed by atoms with van der Waals surface area (Å²) >= 11 is 0. The van der Waals surface area contributed by atoms with E-state index < -0.39 is 0 Å². The molecule has 166 valence electrons. The second-order valence-corrected chi connectivity index (χ2v) is 7.46. The van der Waals surface area contributed by atoms with E-state index in [0.29, 0.717) is 16.9 Å². The fourth-order valence-electron chi connectivity index (χ4n) is 3.71. The molecule has 32 heavy (non-hydrogen) atoms. The van der Waals surface area contributed by atoms with Crippen LogP contribution in [0.4, 0.5) is 21.5 Å². The van der Waals surface area contributed by atoms with E-state index in [-0.39, 0.29) is 36.0 Å². The Labute approximate surface area is 192 Å². The molecular weight excluding hydrogens is 431 g/mol. The number of aromatic nitrogens is 1. The fraction of sp³-hybridized carbons (Fsp3) is 0.208. The Bertz CT molecular complexity index is 1060. The normalized spacial score (nSPS) is 13.7. The maximum absolute atomic E-state index is 13.1. The first-order valence-electron chi connectivity index (χ1n) is 10.2. The van der Waals surface area contributed by atoms with E-state index in [1.54, 1.807) is 36.7 Å². The van der Waals surface area contributed by atoms with Crippen molar-refractivity contribution in [2.24, 2.45) is 5.92 Å². The van der Waals surface area contributed by atoms with E-state index in [1.165, 1.54) is 24.3 Å². The monoisotopic (exact) mass is 454 g/mol. The van der Waals surface area contributed by atoms with Crippen molar-refractivity contribution >= 4 is 41.3 Å². The van der Waals surface area contributed by atoms with Crippen molar-refractivity contribution < 1.29 is 14.0 Å². The molecule has 6 nitrogen and oxygen atoms in total. The van der Waals surface area contributed by atoms with Gasteiger partial charge in [-0.25, -0.2) is 4.39 Å². The number of amides is 2. The lowest BCUT2D eigenvalue weighted by molar-refractivity contribution is -0.120. The van der Waals surface area contributed by atoms with Gasteiger partial charge in [0.05, 0.1) is 11.3 Å². The van der Waals surface area contributed by atoms with Crippen molar-refractivity contribution in [3.8, 4) is 0 Å². The fourth-order valence-corrected chi connectivity index (χ4v) is 3.71. The summed E-state index contributed by atoms with van der Waals surface area (Å²) in [5, 5.41) is 5.66. The molecule has 2 N–H and O–H groups in total. The number of hydrogen-bond donors (Lipinski definition) is 2. The van der Waals surface area contributed by atoms with Gasteiger partial charge in [0.1, 0.15) is 5.82 Å². The Hall–Kier alpha value is -3.45. The van der Waals surface area contributed by atoms with Crippen LogP contribution >= 0.6 is 12.4 Å². The van der Waals surface area contributed by atoms with Crippen LogP contribution in [-0.2, 0) is 4.79 Å². The second kappa shape index (κ2) is 10.7. The van der Waals surface area contributed by atoms with Crippen LogP contribution < -0.4 is 15.5 Å². The van der Waals surface area contributed by atoms with Gasteiger partial charge in [0.25, 0.3) is 5.91 Å². The van der Waals surface area contributed by atoms with Gasteiger partial charge in [-0.15, -0.1) is 12.4 Å². The molecule has 2 aromatic carbocycles. The van der Waals surface area contributed by atoms with Crippen LogP contribution in [0.1, 0.15) is 23.2 Å². The lowest BCUT2D eigenvalue weighted by Gasteiger charge is -2.33. The molecule has 0 unspecified atom stereocenters. The molecule has 3 aromatic rings. The smallest absolute Gasteiger partial charge is 0.257 e. The van der Waals surface area contributed by atoms with E-state index in [4.69, 9.17) is 0 Å². The zero-order valence-electron chi connectivity index (χ0n) is 17.3. The predicted octanol–water partition coefficient (Wildman–Crippen LogP) is 4.75.